The fourth-order valence-corrected chi connectivity index (χ4v) is 3.27. The molecule has 0 aliphatic carbocycles. The maximum Gasteiger partial charge on any atom is 0.191 e. The van der Waals surface area contributed by atoms with E-state index in [4.69, 9.17) is 13.9 Å². The maximum atomic E-state index is 6.22. The summed E-state index contributed by atoms with van der Waals surface area (Å²) in [5, 5.41) is 0.227. The number of hydrogen-bond acceptors (Lipinski definition) is 3. The fraction of sp³-hybridized carbons (Fsp3) is 0.579. The van der Waals surface area contributed by atoms with E-state index < -0.39 is 8.32 Å². The van der Waals surface area contributed by atoms with Gasteiger partial charge >= 0.3 is 0 Å². The normalized spacial score (nSPS) is 16.7. The zero-order valence-electron chi connectivity index (χ0n) is 15.1. The molecule has 1 heterocycles. The third kappa shape index (κ3) is 4.77. The van der Waals surface area contributed by atoms with Crippen LogP contribution in [0, 0.1) is 0 Å². The number of hydrogen-bond donors (Lipinski definition) is 0. The minimum Gasteiger partial charge on any atom is -0.417 e. The van der Waals surface area contributed by atoms with E-state index >= 15 is 0 Å². The summed E-state index contributed by atoms with van der Waals surface area (Å²) < 4.78 is 18.0. The van der Waals surface area contributed by atoms with E-state index in [0.29, 0.717) is 19.8 Å². The molecule has 0 radical (unpaired) electrons. The van der Waals surface area contributed by atoms with E-state index in [1.54, 1.807) is 0 Å². The molecule has 0 unspecified atom stereocenters. The van der Waals surface area contributed by atoms with Crippen LogP contribution in [-0.2, 0) is 27.1 Å². The van der Waals surface area contributed by atoms with Gasteiger partial charge in [0.2, 0.25) is 0 Å². The molecule has 1 aromatic carbocycles. The molecule has 1 aromatic rings. The monoisotopic (exact) mass is 334 g/mol. The summed E-state index contributed by atoms with van der Waals surface area (Å²) in [4.78, 5) is 0. The van der Waals surface area contributed by atoms with Crippen molar-refractivity contribution in [3.8, 4) is 0 Å². The second-order valence-corrected chi connectivity index (χ2v) is 12.5. The van der Waals surface area contributed by atoms with E-state index in [1.807, 2.05) is 12.1 Å². The van der Waals surface area contributed by atoms with Gasteiger partial charge in [0.15, 0.2) is 14.6 Å². The molecule has 0 fully saturated rings. The van der Waals surface area contributed by atoms with Crippen LogP contribution in [0.3, 0.4) is 0 Å². The first-order valence-electron chi connectivity index (χ1n) is 8.32. The highest BCUT2D eigenvalue weighted by atomic mass is 28.4. The molecule has 0 saturated heterocycles. The van der Waals surface area contributed by atoms with Gasteiger partial charge in [0.25, 0.3) is 0 Å². The van der Waals surface area contributed by atoms with E-state index in [0.717, 1.165) is 12.0 Å². The first-order valence-corrected chi connectivity index (χ1v) is 11.2. The molecule has 0 saturated carbocycles. The Morgan fingerprint density at radius 1 is 1.17 bits per heavy atom. The molecule has 128 valence electrons. The quantitative estimate of drug-likeness (QED) is 0.558. The van der Waals surface area contributed by atoms with Gasteiger partial charge in [0.05, 0.1) is 13.2 Å². The second kappa shape index (κ2) is 7.30. The van der Waals surface area contributed by atoms with Crippen molar-refractivity contribution in [1.82, 2.24) is 0 Å². The highest BCUT2D eigenvalue weighted by molar-refractivity contribution is 6.74. The van der Waals surface area contributed by atoms with E-state index in [1.165, 1.54) is 11.1 Å². The van der Waals surface area contributed by atoms with Gasteiger partial charge in [-0.25, -0.2) is 0 Å². The van der Waals surface area contributed by atoms with Crippen LogP contribution in [0.5, 0.6) is 0 Å². The Kier molecular flexibility index (Phi) is 5.84. The summed E-state index contributed by atoms with van der Waals surface area (Å²) in [5.41, 5.74) is 3.34. The Hall–Kier alpha value is -0.943. The molecule has 0 N–H and O–H groups in total. The molecule has 0 atom stereocenters. The minimum absolute atomic E-state index is 0.227. The van der Waals surface area contributed by atoms with Gasteiger partial charge in [-0.15, -0.1) is 0 Å². The molecule has 1 aliphatic rings. The van der Waals surface area contributed by atoms with Gasteiger partial charge in [-0.2, -0.15) is 0 Å². The lowest BCUT2D eigenvalue weighted by atomic mass is 10.1. The summed E-state index contributed by atoms with van der Waals surface area (Å²) >= 11 is 0. The Balaban J connectivity index is 1.83. The number of ether oxygens (including phenoxy) is 2. The molecule has 0 bridgehead atoms. The molecular formula is C19H30O3Si. The largest absolute Gasteiger partial charge is 0.417 e. The van der Waals surface area contributed by atoms with Crippen molar-refractivity contribution in [3.63, 3.8) is 0 Å². The summed E-state index contributed by atoms with van der Waals surface area (Å²) in [6.45, 7) is 17.3. The van der Waals surface area contributed by atoms with Crippen LogP contribution in [0.25, 0.3) is 0 Å². The van der Waals surface area contributed by atoms with Gasteiger partial charge in [-0.3, -0.25) is 0 Å². The van der Waals surface area contributed by atoms with Crippen LogP contribution < -0.4 is 0 Å². The van der Waals surface area contributed by atoms with Crippen LogP contribution in [0.15, 0.2) is 36.4 Å². The molecule has 3 nitrogen and oxygen atoms in total. The molecule has 4 heteroatoms. The average Bonchev–Trinajstić information content (AvgIpc) is 2.68. The molecule has 2 rings (SSSR count). The van der Waals surface area contributed by atoms with Crippen LogP contribution in [0.1, 0.15) is 38.3 Å². The fourth-order valence-electron chi connectivity index (χ4n) is 2.23. The van der Waals surface area contributed by atoms with Gasteiger partial charge in [0, 0.05) is 6.61 Å². The first kappa shape index (κ1) is 18.4. The summed E-state index contributed by atoms with van der Waals surface area (Å²) in [5.74, 6) is 0. The SMILES string of the molecule is C=C(CCO[Si](C)(C)C(C)(C)C)C1OCc2ccccc2CO1. The Morgan fingerprint density at radius 2 is 1.70 bits per heavy atom. The van der Waals surface area contributed by atoms with Crippen LogP contribution >= 0.6 is 0 Å². The average molecular weight is 335 g/mol. The highest BCUT2D eigenvalue weighted by Gasteiger charge is 2.37. The van der Waals surface area contributed by atoms with Crippen molar-refractivity contribution >= 4 is 8.32 Å². The number of fused-ring (bicyclic) bond motifs is 1. The molecular weight excluding hydrogens is 304 g/mol. The van der Waals surface area contributed by atoms with Crippen molar-refractivity contribution in [2.75, 3.05) is 6.61 Å². The van der Waals surface area contributed by atoms with Crippen LogP contribution in [-0.4, -0.2) is 21.2 Å². The Morgan fingerprint density at radius 3 is 2.17 bits per heavy atom. The standard InChI is InChI=1S/C19H30O3Si/c1-15(11-12-22-23(5,6)19(2,3)4)18-20-13-16-9-7-8-10-17(16)14-21-18/h7-10,18H,1,11-14H2,2-6H3. The number of benzene rings is 1. The lowest BCUT2D eigenvalue weighted by molar-refractivity contribution is -0.126. The first-order chi connectivity index (χ1) is 10.7. The second-order valence-electron chi connectivity index (χ2n) is 7.74. The third-order valence-electron chi connectivity index (χ3n) is 4.92. The highest BCUT2D eigenvalue weighted by Crippen LogP contribution is 2.36. The number of rotatable bonds is 5. The predicted octanol–water partition coefficient (Wildman–Crippen LogP) is 5.03. The molecule has 0 spiro atoms. The van der Waals surface area contributed by atoms with Gasteiger partial charge in [0.1, 0.15) is 0 Å². The van der Waals surface area contributed by atoms with Gasteiger partial charge in [-0.05, 0) is 41.3 Å². The molecule has 0 aromatic heterocycles. The predicted molar refractivity (Wildman–Crippen MR) is 96.7 cm³/mol. The van der Waals surface area contributed by atoms with E-state index in [9.17, 15) is 0 Å². The van der Waals surface area contributed by atoms with Crippen molar-refractivity contribution in [1.29, 1.82) is 0 Å². The van der Waals surface area contributed by atoms with Crippen molar-refractivity contribution in [3.05, 3.63) is 47.5 Å². The lowest BCUT2D eigenvalue weighted by Crippen LogP contribution is -2.41. The molecule has 23 heavy (non-hydrogen) atoms. The molecule has 0 amide bonds. The Bertz CT molecular complexity index is 519. The van der Waals surface area contributed by atoms with E-state index in [2.05, 4.69) is 52.6 Å². The van der Waals surface area contributed by atoms with Crippen LogP contribution in [0.2, 0.25) is 18.1 Å². The van der Waals surface area contributed by atoms with Gasteiger partial charge < -0.3 is 13.9 Å². The summed E-state index contributed by atoms with van der Waals surface area (Å²) in [7, 11) is -1.71. The van der Waals surface area contributed by atoms with Crippen molar-refractivity contribution < 1.29 is 13.9 Å². The summed E-state index contributed by atoms with van der Waals surface area (Å²) in [6, 6.07) is 8.24. The smallest absolute Gasteiger partial charge is 0.191 e. The zero-order chi connectivity index (χ0) is 17.1. The van der Waals surface area contributed by atoms with E-state index in [-0.39, 0.29) is 11.3 Å². The van der Waals surface area contributed by atoms with Crippen molar-refractivity contribution in [2.45, 2.75) is 64.8 Å². The zero-order valence-corrected chi connectivity index (χ0v) is 16.1. The lowest BCUT2D eigenvalue weighted by Gasteiger charge is -2.36. The summed E-state index contributed by atoms with van der Waals surface area (Å²) in [6.07, 6.45) is 0.429. The van der Waals surface area contributed by atoms with Crippen molar-refractivity contribution in [2.24, 2.45) is 0 Å². The Labute approximate surface area is 141 Å². The third-order valence-corrected chi connectivity index (χ3v) is 9.46. The van der Waals surface area contributed by atoms with Gasteiger partial charge in [-0.1, -0.05) is 51.6 Å². The minimum atomic E-state index is -1.71. The molecule has 1 aliphatic heterocycles. The van der Waals surface area contributed by atoms with Crippen LogP contribution in [0.4, 0.5) is 0 Å². The topological polar surface area (TPSA) is 27.7 Å². The maximum absolute atomic E-state index is 6.22.